The number of benzene rings is 1. The molecule has 2 aliphatic rings. The van der Waals surface area contributed by atoms with Gasteiger partial charge in [-0.2, -0.15) is 0 Å². The van der Waals surface area contributed by atoms with Gasteiger partial charge < -0.3 is 11.1 Å². The van der Waals surface area contributed by atoms with Gasteiger partial charge >= 0.3 is 0 Å². The van der Waals surface area contributed by atoms with Gasteiger partial charge in [0.15, 0.2) is 0 Å². The molecule has 0 saturated heterocycles. The van der Waals surface area contributed by atoms with E-state index in [1.54, 1.807) is 0 Å². The molecule has 2 saturated carbocycles. The molecule has 116 valence electrons. The van der Waals surface area contributed by atoms with Gasteiger partial charge in [-0.1, -0.05) is 23.7 Å². The van der Waals surface area contributed by atoms with Crippen molar-refractivity contribution in [2.75, 3.05) is 13.1 Å². The highest BCUT2D eigenvalue weighted by molar-refractivity contribution is 6.30. The summed E-state index contributed by atoms with van der Waals surface area (Å²) in [4.78, 5) is 0. The molecule has 3 heteroatoms. The zero-order valence-corrected chi connectivity index (χ0v) is 13.7. The third-order valence-electron chi connectivity index (χ3n) is 5.18. The molecule has 0 aromatic heterocycles. The largest absolute Gasteiger partial charge is 0.329 e. The van der Waals surface area contributed by atoms with Crippen LogP contribution in [-0.4, -0.2) is 18.6 Å². The average molecular weight is 307 g/mol. The fourth-order valence-electron chi connectivity index (χ4n) is 3.39. The van der Waals surface area contributed by atoms with Gasteiger partial charge in [0.2, 0.25) is 0 Å². The summed E-state index contributed by atoms with van der Waals surface area (Å²) in [5.74, 6) is 2.87. The van der Waals surface area contributed by atoms with E-state index in [0.717, 1.165) is 35.7 Å². The number of nitrogens with one attached hydrogen (secondary N) is 1. The Labute approximate surface area is 133 Å². The zero-order valence-electron chi connectivity index (χ0n) is 12.9. The van der Waals surface area contributed by atoms with Crippen molar-refractivity contribution in [3.05, 3.63) is 34.9 Å². The summed E-state index contributed by atoms with van der Waals surface area (Å²) < 4.78 is 0. The quantitative estimate of drug-likeness (QED) is 0.770. The predicted molar refractivity (Wildman–Crippen MR) is 89.6 cm³/mol. The average Bonchev–Trinajstić information content (AvgIpc) is 3.35. The standard InChI is InChI=1S/C18H27ClN2/c1-18(12-20,10-13-2-8-16(19)9-3-13)21-11-17(14-4-5-14)15-6-7-15/h2-3,8-9,14-15,17,21H,4-7,10-12,20H2,1H3. The summed E-state index contributed by atoms with van der Waals surface area (Å²) in [6.07, 6.45) is 6.74. The molecule has 0 spiro atoms. The van der Waals surface area contributed by atoms with Crippen molar-refractivity contribution in [2.45, 2.75) is 44.6 Å². The van der Waals surface area contributed by atoms with Crippen LogP contribution >= 0.6 is 11.6 Å². The lowest BCUT2D eigenvalue weighted by Crippen LogP contribution is -2.52. The van der Waals surface area contributed by atoms with Crippen LogP contribution in [-0.2, 0) is 6.42 Å². The van der Waals surface area contributed by atoms with Gasteiger partial charge in [0.25, 0.3) is 0 Å². The minimum absolute atomic E-state index is 0.0180. The maximum absolute atomic E-state index is 6.07. The van der Waals surface area contributed by atoms with Gasteiger partial charge in [-0.05, 0) is 81.0 Å². The molecule has 2 nitrogen and oxygen atoms in total. The zero-order chi connectivity index (χ0) is 14.9. The lowest BCUT2D eigenvalue weighted by molar-refractivity contribution is 0.294. The van der Waals surface area contributed by atoms with E-state index >= 15 is 0 Å². The van der Waals surface area contributed by atoms with Crippen molar-refractivity contribution in [1.29, 1.82) is 0 Å². The Morgan fingerprint density at radius 2 is 1.76 bits per heavy atom. The Hall–Kier alpha value is -0.570. The van der Waals surface area contributed by atoms with E-state index in [4.69, 9.17) is 17.3 Å². The van der Waals surface area contributed by atoms with E-state index in [1.807, 2.05) is 12.1 Å². The molecular weight excluding hydrogens is 280 g/mol. The smallest absolute Gasteiger partial charge is 0.0406 e. The number of nitrogens with two attached hydrogens (primary N) is 1. The molecule has 21 heavy (non-hydrogen) atoms. The van der Waals surface area contributed by atoms with Crippen LogP contribution in [0.3, 0.4) is 0 Å². The Morgan fingerprint density at radius 3 is 2.24 bits per heavy atom. The Bertz CT molecular complexity index is 453. The van der Waals surface area contributed by atoms with Crippen molar-refractivity contribution in [2.24, 2.45) is 23.5 Å². The Balaban J connectivity index is 1.58. The third kappa shape index (κ3) is 4.21. The number of hydrogen-bond donors (Lipinski definition) is 2. The van der Waals surface area contributed by atoms with Crippen LogP contribution in [0.1, 0.15) is 38.2 Å². The fourth-order valence-corrected chi connectivity index (χ4v) is 3.52. The molecule has 3 rings (SSSR count). The molecule has 0 radical (unpaired) electrons. The van der Waals surface area contributed by atoms with Gasteiger partial charge in [-0.3, -0.25) is 0 Å². The van der Waals surface area contributed by atoms with Crippen molar-refractivity contribution >= 4 is 11.6 Å². The van der Waals surface area contributed by atoms with Crippen LogP contribution in [0.5, 0.6) is 0 Å². The van der Waals surface area contributed by atoms with Crippen molar-refractivity contribution in [3.8, 4) is 0 Å². The van der Waals surface area contributed by atoms with Crippen LogP contribution < -0.4 is 11.1 Å². The fraction of sp³-hybridized carbons (Fsp3) is 0.667. The minimum atomic E-state index is -0.0180. The van der Waals surface area contributed by atoms with E-state index in [2.05, 4.69) is 24.4 Å². The van der Waals surface area contributed by atoms with Crippen molar-refractivity contribution in [3.63, 3.8) is 0 Å². The first-order chi connectivity index (χ1) is 10.1. The molecule has 1 unspecified atom stereocenters. The molecule has 0 bridgehead atoms. The van der Waals surface area contributed by atoms with Gasteiger partial charge in [0.1, 0.15) is 0 Å². The highest BCUT2D eigenvalue weighted by atomic mass is 35.5. The second-order valence-corrected chi connectivity index (χ2v) is 7.72. The van der Waals surface area contributed by atoms with E-state index in [1.165, 1.54) is 31.2 Å². The first-order valence-corrected chi connectivity index (χ1v) is 8.67. The van der Waals surface area contributed by atoms with E-state index < -0.39 is 0 Å². The van der Waals surface area contributed by atoms with Crippen LogP contribution in [0, 0.1) is 17.8 Å². The normalized spacial score (nSPS) is 21.5. The minimum Gasteiger partial charge on any atom is -0.329 e. The van der Waals surface area contributed by atoms with Crippen molar-refractivity contribution in [1.82, 2.24) is 5.32 Å². The van der Waals surface area contributed by atoms with Crippen LogP contribution in [0.15, 0.2) is 24.3 Å². The summed E-state index contributed by atoms with van der Waals surface area (Å²) in [7, 11) is 0. The monoisotopic (exact) mass is 306 g/mol. The molecule has 0 aliphatic heterocycles. The molecule has 1 aromatic rings. The second kappa shape index (κ2) is 6.28. The van der Waals surface area contributed by atoms with E-state index in [9.17, 15) is 0 Å². The summed E-state index contributed by atoms with van der Waals surface area (Å²) in [6, 6.07) is 8.14. The predicted octanol–water partition coefficient (Wildman–Crippen LogP) is 3.63. The molecule has 0 amide bonds. The highest BCUT2D eigenvalue weighted by Gasteiger charge is 2.41. The number of rotatable bonds is 8. The Morgan fingerprint density at radius 1 is 1.19 bits per heavy atom. The molecule has 1 atom stereocenters. The van der Waals surface area contributed by atoms with Crippen molar-refractivity contribution < 1.29 is 0 Å². The summed E-state index contributed by atoms with van der Waals surface area (Å²) >= 11 is 5.96. The summed E-state index contributed by atoms with van der Waals surface area (Å²) in [5, 5.41) is 4.59. The van der Waals surface area contributed by atoms with E-state index in [-0.39, 0.29) is 5.54 Å². The van der Waals surface area contributed by atoms with Crippen LogP contribution in [0.4, 0.5) is 0 Å². The van der Waals surface area contributed by atoms with Gasteiger partial charge in [-0.25, -0.2) is 0 Å². The topological polar surface area (TPSA) is 38.0 Å². The molecule has 2 fully saturated rings. The van der Waals surface area contributed by atoms with Gasteiger partial charge in [-0.15, -0.1) is 0 Å². The number of hydrogen-bond acceptors (Lipinski definition) is 2. The lowest BCUT2D eigenvalue weighted by atomic mass is 9.90. The molecule has 0 heterocycles. The highest BCUT2D eigenvalue weighted by Crippen LogP contribution is 2.49. The van der Waals surface area contributed by atoms with Gasteiger partial charge in [0.05, 0.1) is 0 Å². The summed E-state index contributed by atoms with van der Waals surface area (Å²) in [5.41, 5.74) is 7.35. The van der Waals surface area contributed by atoms with Crippen LogP contribution in [0.25, 0.3) is 0 Å². The van der Waals surface area contributed by atoms with E-state index in [0.29, 0.717) is 6.54 Å². The first-order valence-electron chi connectivity index (χ1n) is 8.29. The number of halogens is 1. The third-order valence-corrected chi connectivity index (χ3v) is 5.43. The molecule has 3 N–H and O–H groups in total. The second-order valence-electron chi connectivity index (χ2n) is 7.29. The summed E-state index contributed by atoms with van der Waals surface area (Å²) in [6.45, 7) is 4.05. The molecule has 1 aromatic carbocycles. The maximum atomic E-state index is 6.07. The lowest BCUT2D eigenvalue weighted by Gasteiger charge is -2.32. The van der Waals surface area contributed by atoms with Crippen LogP contribution in [0.2, 0.25) is 5.02 Å². The molecule has 2 aliphatic carbocycles. The molecular formula is C18H27ClN2. The maximum Gasteiger partial charge on any atom is 0.0406 e. The van der Waals surface area contributed by atoms with Gasteiger partial charge in [0, 0.05) is 17.1 Å². The Kier molecular flexibility index (Phi) is 4.58. The SMILES string of the molecule is CC(CN)(Cc1ccc(Cl)cc1)NCC(C1CC1)C1CC1. The first kappa shape index (κ1) is 15.3.